The summed E-state index contributed by atoms with van der Waals surface area (Å²) < 4.78 is 69.4. The molecule has 2 atom stereocenters. The predicted octanol–water partition coefficient (Wildman–Crippen LogP) is 1.36. The van der Waals surface area contributed by atoms with E-state index in [9.17, 15) is 26.9 Å². The molecule has 152 valence electrons. The van der Waals surface area contributed by atoms with Gasteiger partial charge in [0.2, 0.25) is 0 Å². The number of rotatable bonds is 4. The second kappa shape index (κ2) is 7.81. The van der Waals surface area contributed by atoms with E-state index in [0.717, 1.165) is 0 Å². The number of anilines is 1. The Kier molecular flexibility index (Phi) is 5.75. The van der Waals surface area contributed by atoms with Crippen molar-refractivity contribution in [2.24, 2.45) is 0 Å². The Hall–Kier alpha value is -2.36. The van der Waals surface area contributed by atoms with Gasteiger partial charge in [-0.15, -0.1) is 0 Å². The van der Waals surface area contributed by atoms with Crippen LogP contribution in [0.4, 0.5) is 18.9 Å². The monoisotopic (exact) mass is 425 g/mol. The lowest BCUT2D eigenvalue weighted by Gasteiger charge is -2.38. The van der Waals surface area contributed by atoms with Crippen molar-refractivity contribution in [2.45, 2.75) is 24.6 Å². The SMILES string of the molecule is [B]c1ccc2c(N3C[C@H](COS(=O)(=O)C(F)(F)F)O[C@H](C)C3)ccc(C#N)c2n1. The van der Waals surface area contributed by atoms with Crippen molar-refractivity contribution in [3.63, 3.8) is 0 Å². The van der Waals surface area contributed by atoms with Gasteiger partial charge in [0.05, 0.1) is 23.8 Å². The number of aromatic nitrogens is 1. The number of alkyl halides is 3. The molecule has 0 amide bonds. The van der Waals surface area contributed by atoms with Crippen LogP contribution in [0.3, 0.4) is 0 Å². The largest absolute Gasteiger partial charge is 0.523 e. The molecule has 0 bridgehead atoms. The van der Waals surface area contributed by atoms with Gasteiger partial charge in [0.25, 0.3) is 0 Å². The topological polar surface area (TPSA) is 92.5 Å². The van der Waals surface area contributed by atoms with Crippen LogP contribution in [-0.2, 0) is 19.0 Å². The van der Waals surface area contributed by atoms with Crippen LogP contribution in [0.1, 0.15) is 12.5 Å². The van der Waals surface area contributed by atoms with E-state index in [4.69, 9.17) is 12.6 Å². The van der Waals surface area contributed by atoms with E-state index in [1.165, 1.54) is 0 Å². The second-order valence-corrected chi connectivity index (χ2v) is 8.14. The molecule has 0 spiro atoms. The number of nitrogens with zero attached hydrogens (tertiary/aromatic N) is 3. The molecule has 2 heterocycles. The molecule has 2 radical (unpaired) electrons. The number of morpholine rings is 1. The molecule has 0 saturated carbocycles. The van der Waals surface area contributed by atoms with Gasteiger partial charge in [0.1, 0.15) is 20.0 Å². The summed E-state index contributed by atoms with van der Waals surface area (Å²) in [6.45, 7) is 1.42. The summed E-state index contributed by atoms with van der Waals surface area (Å²) >= 11 is 0. The summed E-state index contributed by atoms with van der Waals surface area (Å²) in [6.07, 6.45) is -1.32. The molecule has 2 aromatic rings. The summed E-state index contributed by atoms with van der Waals surface area (Å²) in [5.74, 6) is 0. The first-order chi connectivity index (χ1) is 13.5. The van der Waals surface area contributed by atoms with Crippen molar-refractivity contribution in [3.05, 3.63) is 29.8 Å². The molecule has 1 aliphatic rings. The zero-order chi connectivity index (χ0) is 21.4. The van der Waals surface area contributed by atoms with Crippen molar-refractivity contribution < 1.29 is 30.5 Å². The van der Waals surface area contributed by atoms with Crippen molar-refractivity contribution in [3.8, 4) is 6.07 Å². The van der Waals surface area contributed by atoms with Crippen LogP contribution < -0.4 is 10.5 Å². The maximum absolute atomic E-state index is 12.5. The predicted molar refractivity (Wildman–Crippen MR) is 99.3 cm³/mol. The second-order valence-electron chi connectivity index (χ2n) is 6.53. The lowest BCUT2D eigenvalue weighted by molar-refractivity contribution is -0.0656. The lowest BCUT2D eigenvalue weighted by Crippen LogP contribution is -2.49. The minimum atomic E-state index is -5.70. The van der Waals surface area contributed by atoms with E-state index in [-0.39, 0.29) is 12.1 Å². The Morgan fingerprint density at radius 3 is 2.72 bits per heavy atom. The molecule has 1 aromatic heterocycles. The first kappa shape index (κ1) is 21.4. The number of benzene rings is 1. The molecular weight excluding hydrogens is 410 g/mol. The van der Waals surface area contributed by atoms with E-state index < -0.39 is 34.4 Å². The van der Waals surface area contributed by atoms with Crippen LogP contribution in [0, 0.1) is 11.3 Å². The van der Waals surface area contributed by atoms with Crippen molar-refractivity contribution in [1.29, 1.82) is 5.26 Å². The summed E-state index contributed by atoms with van der Waals surface area (Å²) in [4.78, 5) is 6.03. The van der Waals surface area contributed by atoms with Gasteiger partial charge in [-0.25, -0.2) is 0 Å². The third-order valence-electron chi connectivity index (χ3n) is 4.34. The molecule has 1 aliphatic heterocycles. The van der Waals surface area contributed by atoms with E-state index in [1.807, 2.05) is 11.0 Å². The van der Waals surface area contributed by atoms with Gasteiger partial charge in [-0.1, -0.05) is 6.07 Å². The molecule has 1 fully saturated rings. The number of pyridine rings is 1. The fraction of sp³-hybridized carbons (Fsp3) is 0.412. The number of nitriles is 1. The molecule has 0 N–H and O–H groups in total. The van der Waals surface area contributed by atoms with Crippen LogP contribution in [0.15, 0.2) is 24.3 Å². The smallest absolute Gasteiger partial charge is 0.369 e. The Balaban J connectivity index is 1.87. The summed E-state index contributed by atoms with van der Waals surface area (Å²) in [5.41, 5.74) is -3.86. The average Bonchev–Trinajstić information content (AvgIpc) is 2.64. The van der Waals surface area contributed by atoms with E-state index in [0.29, 0.717) is 28.7 Å². The molecular formula is C17H15BF3N3O4S. The molecule has 29 heavy (non-hydrogen) atoms. The van der Waals surface area contributed by atoms with Crippen LogP contribution in [0.5, 0.6) is 0 Å². The fourth-order valence-electron chi connectivity index (χ4n) is 3.15. The Morgan fingerprint density at radius 2 is 2.07 bits per heavy atom. The highest BCUT2D eigenvalue weighted by Crippen LogP contribution is 2.30. The number of hydrogen-bond donors (Lipinski definition) is 0. The van der Waals surface area contributed by atoms with Crippen molar-refractivity contribution >= 4 is 40.1 Å². The molecule has 1 saturated heterocycles. The third kappa shape index (κ3) is 4.47. The lowest BCUT2D eigenvalue weighted by atomic mass is 10.00. The maximum atomic E-state index is 12.5. The average molecular weight is 425 g/mol. The number of hydrogen-bond acceptors (Lipinski definition) is 7. The quantitative estimate of drug-likeness (QED) is 0.415. The Labute approximate surface area is 166 Å². The highest BCUT2D eigenvalue weighted by Gasteiger charge is 2.47. The standard InChI is InChI=1S/C17H15BF3N3O4S/c1-10-7-24(8-12(28-10)9-27-29(25,26)17(19,20)21)14-4-2-11(6-22)16-13(14)3-5-15(18)23-16/h2-5,10,12H,7-9H2,1H3/t10-,12-/m1/s1. The Bertz CT molecular complexity index is 1070. The van der Waals surface area contributed by atoms with Gasteiger partial charge in [-0.3, -0.25) is 9.17 Å². The highest BCUT2D eigenvalue weighted by atomic mass is 32.2. The summed E-state index contributed by atoms with van der Waals surface area (Å²) in [5, 5.41) is 9.93. The first-order valence-electron chi connectivity index (χ1n) is 8.47. The van der Waals surface area contributed by atoms with Gasteiger partial charge in [0, 0.05) is 24.2 Å². The van der Waals surface area contributed by atoms with Crippen molar-refractivity contribution in [2.75, 3.05) is 24.6 Å². The number of fused-ring (bicyclic) bond motifs is 1. The van der Waals surface area contributed by atoms with Crippen LogP contribution in [-0.4, -0.2) is 58.7 Å². The van der Waals surface area contributed by atoms with Gasteiger partial charge in [0.15, 0.2) is 0 Å². The van der Waals surface area contributed by atoms with Crippen LogP contribution in [0.25, 0.3) is 10.9 Å². The minimum absolute atomic E-state index is 0.0864. The van der Waals surface area contributed by atoms with Gasteiger partial charge in [-0.05, 0) is 30.7 Å². The summed E-state index contributed by atoms with van der Waals surface area (Å²) in [7, 11) is 0.0125. The molecule has 7 nitrogen and oxygen atoms in total. The minimum Gasteiger partial charge on any atom is -0.369 e. The zero-order valence-corrected chi connectivity index (χ0v) is 16.0. The third-order valence-corrected chi connectivity index (χ3v) is 5.35. The molecule has 12 heteroatoms. The van der Waals surface area contributed by atoms with Gasteiger partial charge in [-0.2, -0.15) is 26.9 Å². The molecule has 0 aliphatic carbocycles. The molecule has 0 unspecified atom stereocenters. The number of ether oxygens (including phenoxy) is 1. The van der Waals surface area contributed by atoms with Gasteiger partial charge >= 0.3 is 15.6 Å². The number of halogens is 3. The zero-order valence-electron chi connectivity index (χ0n) is 15.2. The molecule has 3 rings (SSSR count). The van der Waals surface area contributed by atoms with E-state index in [1.54, 1.807) is 31.2 Å². The van der Waals surface area contributed by atoms with Crippen molar-refractivity contribution in [1.82, 2.24) is 4.98 Å². The fourth-order valence-corrected chi connectivity index (χ4v) is 3.61. The normalized spacial score (nSPS) is 20.6. The van der Waals surface area contributed by atoms with Crippen LogP contribution >= 0.6 is 0 Å². The highest BCUT2D eigenvalue weighted by molar-refractivity contribution is 7.87. The van der Waals surface area contributed by atoms with E-state index in [2.05, 4.69) is 9.17 Å². The summed E-state index contributed by atoms with van der Waals surface area (Å²) in [6, 6.07) is 8.59. The molecule has 1 aromatic carbocycles. The van der Waals surface area contributed by atoms with Crippen LogP contribution in [0.2, 0.25) is 0 Å². The Morgan fingerprint density at radius 1 is 1.34 bits per heavy atom. The van der Waals surface area contributed by atoms with Gasteiger partial charge < -0.3 is 9.64 Å². The van der Waals surface area contributed by atoms with E-state index >= 15 is 0 Å². The maximum Gasteiger partial charge on any atom is 0.523 e. The first-order valence-corrected chi connectivity index (χ1v) is 9.88.